The number of benzene rings is 2. The summed E-state index contributed by atoms with van der Waals surface area (Å²) in [5.41, 5.74) is -1.02. The first-order chi connectivity index (χ1) is 19.0. The van der Waals surface area contributed by atoms with Crippen molar-refractivity contribution in [2.45, 2.75) is 50.5 Å². The van der Waals surface area contributed by atoms with Gasteiger partial charge in [-0.2, -0.15) is 0 Å². The number of carbonyl (C=O) groups is 3. The van der Waals surface area contributed by atoms with E-state index in [-0.39, 0.29) is 17.3 Å². The average molecular weight is 560 g/mol. The normalized spacial score (nSPS) is 15.0. The van der Waals surface area contributed by atoms with Gasteiger partial charge in [0.05, 0.1) is 30.6 Å². The van der Waals surface area contributed by atoms with E-state index >= 15 is 0 Å². The van der Waals surface area contributed by atoms with E-state index < -0.39 is 36.4 Å². The number of nitrogens with zero attached hydrogens (tertiary/aromatic N) is 1. The maximum absolute atomic E-state index is 14.2. The van der Waals surface area contributed by atoms with E-state index in [1.165, 1.54) is 12.3 Å². The number of fused-ring (bicyclic) bond motifs is 1. The van der Waals surface area contributed by atoms with Crippen molar-refractivity contribution in [3.8, 4) is 0 Å². The number of para-hydroxylation sites is 1. The van der Waals surface area contributed by atoms with E-state index in [0.29, 0.717) is 41.7 Å². The Balaban J connectivity index is 0.000000289. The fourth-order valence-electron chi connectivity index (χ4n) is 4.31. The van der Waals surface area contributed by atoms with Crippen molar-refractivity contribution >= 4 is 28.9 Å². The molecule has 40 heavy (non-hydrogen) atoms. The van der Waals surface area contributed by atoms with Gasteiger partial charge in [0, 0.05) is 37.4 Å². The van der Waals surface area contributed by atoms with E-state index in [9.17, 15) is 23.6 Å². The molecule has 214 valence electrons. The first-order valence-electron chi connectivity index (χ1n) is 12.4. The van der Waals surface area contributed by atoms with E-state index in [4.69, 9.17) is 29.6 Å². The van der Waals surface area contributed by atoms with Crippen molar-refractivity contribution in [1.29, 1.82) is 0 Å². The molecule has 0 aliphatic carbocycles. The van der Waals surface area contributed by atoms with Crippen LogP contribution in [-0.4, -0.2) is 68.1 Å². The molecule has 0 radical (unpaired) electrons. The van der Waals surface area contributed by atoms with Crippen LogP contribution in [0.2, 0.25) is 0 Å². The molecule has 1 aromatic heterocycles. The summed E-state index contributed by atoms with van der Waals surface area (Å²) in [6.45, 7) is 2.22. The van der Waals surface area contributed by atoms with Crippen LogP contribution in [0.3, 0.4) is 0 Å². The highest BCUT2D eigenvalue weighted by atomic mass is 19.1. The summed E-state index contributed by atoms with van der Waals surface area (Å²) in [6, 6.07) is 14.0. The van der Waals surface area contributed by atoms with Crippen LogP contribution in [0.25, 0.3) is 11.0 Å². The summed E-state index contributed by atoms with van der Waals surface area (Å²) in [4.78, 5) is 45.4. The molecule has 0 saturated carbocycles. The predicted octanol–water partition coefficient (Wildman–Crippen LogP) is 2.86. The zero-order chi connectivity index (χ0) is 29.3. The lowest BCUT2D eigenvalue weighted by molar-refractivity contribution is -0.170. The second-order valence-corrected chi connectivity index (χ2v) is 9.46. The van der Waals surface area contributed by atoms with Crippen LogP contribution in [0.4, 0.5) is 4.39 Å². The molecule has 1 aliphatic heterocycles. The second-order valence-electron chi connectivity index (χ2n) is 9.46. The first-order valence-corrected chi connectivity index (χ1v) is 12.4. The van der Waals surface area contributed by atoms with Crippen LogP contribution in [-0.2, 0) is 32.2 Å². The molecule has 2 heterocycles. The van der Waals surface area contributed by atoms with Gasteiger partial charge in [0.15, 0.2) is 11.0 Å². The number of rotatable bonds is 11. The van der Waals surface area contributed by atoms with Crippen LogP contribution in [0.5, 0.6) is 0 Å². The molecule has 11 nitrogen and oxygen atoms in total. The van der Waals surface area contributed by atoms with Crippen molar-refractivity contribution < 1.29 is 48.4 Å². The summed E-state index contributed by atoms with van der Waals surface area (Å²) in [6.07, 6.45) is 1.37. The molecule has 1 saturated heterocycles. The summed E-state index contributed by atoms with van der Waals surface area (Å²) in [5.74, 6) is -5.25. The molecule has 4 N–H and O–H groups in total. The molecule has 1 atom stereocenters. The number of carboxylic acids is 3. The lowest BCUT2D eigenvalue weighted by Gasteiger charge is -2.25. The number of carboxylic acid groups (broad SMARTS) is 3. The minimum Gasteiger partial charge on any atom is -0.481 e. The molecular weight excluding hydrogens is 529 g/mol. The summed E-state index contributed by atoms with van der Waals surface area (Å²) < 4.78 is 25.5. The van der Waals surface area contributed by atoms with E-state index in [1.54, 1.807) is 24.3 Å². The van der Waals surface area contributed by atoms with Crippen molar-refractivity contribution in [2.24, 2.45) is 0 Å². The second kappa shape index (κ2) is 13.8. The highest BCUT2D eigenvalue weighted by Gasteiger charge is 2.40. The van der Waals surface area contributed by atoms with Crippen LogP contribution < -0.4 is 5.43 Å². The standard InChI is InChI=1S/C22H22FNO3.C6H8O7/c23-20-9-3-1-6-16(20)12-24(14-18-7-5-11-26-18)13-17-15-27-21-10-4-2-8-19(21)22(17)25;7-3(8)1-6(13,5(11)12)2-4(9)10/h1-4,6,8-10,15,18H,5,7,11-14H2;13H,1-2H2,(H,7,8)(H,9,10)(H,11,12). The van der Waals surface area contributed by atoms with Gasteiger partial charge in [-0.1, -0.05) is 30.3 Å². The third-order valence-corrected chi connectivity index (χ3v) is 6.27. The Kier molecular flexibility index (Phi) is 10.5. The first kappa shape index (κ1) is 30.4. The van der Waals surface area contributed by atoms with Crippen molar-refractivity contribution in [3.05, 3.63) is 82.0 Å². The van der Waals surface area contributed by atoms with Crippen LogP contribution in [0, 0.1) is 5.82 Å². The smallest absolute Gasteiger partial charge is 0.336 e. The number of halogens is 1. The van der Waals surface area contributed by atoms with Gasteiger partial charge in [0.2, 0.25) is 0 Å². The number of hydrogen-bond donors (Lipinski definition) is 4. The minimum absolute atomic E-state index is 0.0391. The van der Waals surface area contributed by atoms with Gasteiger partial charge in [-0.3, -0.25) is 19.3 Å². The van der Waals surface area contributed by atoms with Crippen LogP contribution in [0.15, 0.2) is 64.0 Å². The third-order valence-electron chi connectivity index (χ3n) is 6.27. The highest BCUT2D eigenvalue weighted by Crippen LogP contribution is 2.19. The van der Waals surface area contributed by atoms with E-state index in [1.807, 2.05) is 18.2 Å². The highest BCUT2D eigenvalue weighted by molar-refractivity contribution is 5.88. The van der Waals surface area contributed by atoms with Gasteiger partial charge < -0.3 is 29.6 Å². The third kappa shape index (κ3) is 8.43. The van der Waals surface area contributed by atoms with Crippen molar-refractivity contribution in [3.63, 3.8) is 0 Å². The molecule has 1 fully saturated rings. The van der Waals surface area contributed by atoms with Gasteiger partial charge in [0.25, 0.3) is 0 Å². The fourth-order valence-corrected chi connectivity index (χ4v) is 4.31. The van der Waals surface area contributed by atoms with Crippen LogP contribution >= 0.6 is 0 Å². The van der Waals surface area contributed by atoms with Gasteiger partial charge in [-0.05, 0) is 31.0 Å². The molecule has 1 unspecified atom stereocenters. The Hall–Kier alpha value is -4.13. The lowest BCUT2D eigenvalue weighted by Crippen LogP contribution is -2.42. The SMILES string of the molecule is O=C(O)CC(O)(CC(=O)O)C(=O)O.O=c1c(CN(Cc2ccccc2F)CC2CCCO2)coc2ccccc12. The lowest BCUT2D eigenvalue weighted by atomic mass is 9.96. The Bertz CT molecular complexity index is 1380. The summed E-state index contributed by atoms with van der Waals surface area (Å²) in [5, 5.41) is 34.4. The molecule has 0 bridgehead atoms. The van der Waals surface area contributed by atoms with Crippen molar-refractivity contribution in [2.75, 3.05) is 13.2 Å². The molecular formula is C28H30FNO10. The maximum atomic E-state index is 14.2. The molecule has 0 spiro atoms. The number of ether oxygens (including phenoxy) is 1. The molecule has 1 aliphatic rings. The maximum Gasteiger partial charge on any atom is 0.336 e. The van der Waals surface area contributed by atoms with Crippen LogP contribution in [0.1, 0.15) is 36.8 Å². The Morgan fingerprint density at radius 1 is 0.950 bits per heavy atom. The number of hydrogen-bond acceptors (Lipinski definition) is 8. The summed E-state index contributed by atoms with van der Waals surface area (Å²) >= 11 is 0. The topological polar surface area (TPSA) is 175 Å². The molecule has 2 aromatic carbocycles. The Morgan fingerprint density at radius 3 is 2.17 bits per heavy atom. The zero-order valence-electron chi connectivity index (χ0n) is 21.5. The monoisotopic (exact) mass is 559 g/mol. The Morgan fingerprint density at radius 2 is 1.57 bits per heavy atom. The molecule has 3 aromatic rings. The van der Waals surface area contributed by atoms with Gasteiger partial charge in [-0.15, -0.1) is 0 Å². The fraction of sp³-hybridized carbons (Fsp3) is 0.357. The quantitative estimate of drug-likeness (QED) is 0.272. The molecule has 4 rings (SSSR count). The largest absolute Gasteiger partial charge is 0.481 e. The van der Waals surface area contributed by atoms with Gasteiger partial charge in [0.1, 0.15) is 11.4 Å². The predicted molar refractivity (Wildman–Crippen MR) is 139 cm³/mol. The molecule has 12 heteroatoms. The summed E-state index contributed by atoms with van der Waals surface area (Å²) in [7, 11) is 0. The average Bonchev–Trinajstić information content (AvgIpc) is 3.40. The zero-order valence-corrected chi connectivity index (χ0v) is 21.5. The number of aliphatic hydroxyl groups is 1. The van der Waals surface area contributed by atoms with Gasteiger partial charge in [-0.25, -0.2) is 9.18 Å². The van der Waals surface area contributed by atoms with Crippen molar-refractivity contribution in [1.82, 2.24) is 4.90 Å². The Labute approximate surface area is 228 Å². The minimum atomic E-state index is -2.74. The van der Waals surface area contributed by atoms with Gasteiger partial charge >= 0.3 is 17.9 Å². The molecule has 0 amide bonds. The van der Waals surface area contributed by atoms with E-state index in [2.05, 4.69) is 4.90 Å². The van der Waals surface area contributed by atoms with E-state index in [0.717, 1.165) is 19.4 Å². The number of aliphatic carboxylic acids is 3.